The van der Waals surface area contributed by atoms with Gasteiger partial charge in [0.1, 0.15) is 11.4 Å². The number of hydrogen-bond acceptors (Lipinski definition) is 6. The van der Waals surface area contributed by atoms with Gasteiger partial charge >= 0.3 is 5.97 Å². The third-order valence-electron chi connectivity index (χ3n) is 6.11. The zero-order chi connectivity index (χ0) is 21.7. The summed E-state index contributed by atoms with van der Waals surface area (Å²) >= 11 is 6.40. The van der Waals surface area contributed by atoms with Crippen molar-refractivity contribution < 1.29 is 14.7 Å². The summed E-state index contributed by atoms with van der Waals surface area (Å²) in [5.74, 6) is 0.408. The quantitative estimate of drug-likeness (QED) is 0.541. The van der Waals surface area contributed by atoms with E-state index in [0.29, 0.717) is 35.3 Å². The number of aromatic nitrogens is 1. The minimum absolute atomic E-state index is 0.0624. The van der Waals surface area contributed by atoms with Gasteiger partial charge in [0.25, 0.3) is 0 Å². The van der Waals surface area contributed by atoms with E-state index >= 15 is 0 Å². The number of carbonyl (C=O) groups is 2. The van der Waals surface area contributed by atoms with Crippen LogP contribution in [0.25, 0.3) is 6.08 Å². The maximum absolute atomic E-state index is 13.6. The number of Topliss-reactive ketones (excluding diaryl/α,β-unsaturated/α-hetero) is 1. The van der Waals surface area contributed by atoms with Gasteiger partial charge in [-0.3, -0.25) is 4.79 Å². The standard InChI is InChI=1S/C22H31ClN4O3/c1-27(2)13-15-3-6-17(7-4-15)20(30)22(9-10-24-14-22)26-21-18(23)11-16(12-25-21)5-8-19(28)29/h5,8,11-12,15,17,24H,3-4,6-7,9-10,13-14H2,1-2H3,(H,25,26)(H,28,29)/b8-5+/t15-,17-,22-/m1/s1. The number of rotatable bonds is 8. The predicted octanol–water partition coefficient (Wildman–Crippen LogP) is 2.91. The van der Waals surface area contributed by atoms with E-state index in [1.165, 1.54) is 6.08 Å². The number of pyridine rings is 1. The Morgan fingerprint density at radius 1 is 1.37 bits per heavy atom. The number of nitrogens with zero attached hydrogens (tertiary/aromatic N) is 2. The van der Waals surface area contributed by atoms with Crippen molar-refractivity contribution in [2.24, 2.45) is 11.8 Å². The first-order valence-electron chi connectivity index (χ1n) is 10.5. The molecule has 8 heteroatoms. The molecule has 1 saturated carbocycles. The zero-order valence-corrected chi connectivity index (χ0v) is 18.4. The predicted molar refractivity (Wildman–Crippen MR) is 119 cm³/mol. The second-order valence-electron chi connectivity index (χ2n) is 8.75. The van der Waals surface area contributed by atoms with E-state index in [0.717, 1.165) is 44.8 Å². The highest BCUT2D eigenvalue weighted by atomic mass is 35.5. The monoisotopic (exact) mass is 434 g/mol. The molecule has 2 heterocycles. The number of carbonyl (C=O) groups excluding carboxylic acids is 1. The van der Waals surface area contributed by atoms with Gasteiger partial charge in [-0.15, -0.1) is 0 Å². The first-order valence-corrected chi connectivity index (χ1v) is 10.9. The Balaban J connectivity index is 1.71. The van der Waals surface area contributed by atoms with Crippen LogP contribution in [0, 0.1) is 11.8 Å². The fourth-order valence-corrected chi connectivity index (χ4v) is 4.84. The van der Waals surface area contributed by atoms with Crippen LogP contribution < -0.4 is 10.6 Å². The van der Waals surface area contributed by atoms with Crippen molar-refractivity contribution in [1.82, 2.24) is 15.2 Å². The molecule has 0 bridgehead atoms. The molecule has 7 nitrogen and oxygen atoms in total. The molecule has 0 spiro atoms. The smallest absolute Gasteiger partial charge is 0.328 e. The Morgan fingerprint density at radius 3 is 2.67 bits per heavy atom. The van der Waals surface area contributed by atoms with E-state index in [-0.39, 0.29) is 11.7 Å². The van der Waals surface area contributed by atoms with Crippen molar-refractivity contribution in [2.75, 3.05) is 39.0 Å². The molecule has 30 heavy (non-hydrogen) atoms. The molecule has 1 saturated heterocycles. The molecule has 1 aromatic heterocycles. The second kappa shape index (κ2) is 9.90. The number of halogens is 1. The van der Waals surface area contributed by atoms with E-state index in [4.69, 9.17) is 16.7 Å². The summed E-state index contributed by atoms with van der Waals surface area (Å²) in [6.45, 7) is 2.40. The van der Waals surface area contributed by atoms with Gasteiger partial charge in [0.05, 0.1) is 5.02 Å². The Bertz CT molecular complexity index is 798. The van der Waals surface area contributed by atoms with Crippen molar-refractivity contribution in [3.05, 3.63) is 28.9 Å². The molecule has 0 aromatic carbocycles. The highest BCUT2D eigenvalue weighted by molar-refractivity contribution is 6.33. The van der Waals surface area contributed by atoms with Crippen LogP contribution >= 0.6 is 11.6 Å². The van der Waals surface area contributed by atoms with E-state index in [2.05, 4.69) is 34.6 Å². The molecule has 1 atom stereocenters. The normalized spacial score (nSPS) is 26.9. The average molecular weight is 435 g/mol. The highest BCUT2D eigenvalue weighted by Gasteiger charge is 2.45. The van der Waals surface area contributed by atoms with Gasteiger partial charge in [-0.1, -0.05) is 11.6 Å². The van der Waals surface area contributed by atoms with Crippen molar-refractivity contribution in [3.8, 4) is 0 Å². The van der Waals surface area contributed by atoms with Crippen LogP contribution in [-0.4, -0.2) is 66.0 Å². The molecule has 1 aliphatic carbocycles. The van der Waals surface area contributed by atoms with Crippen LogP contribution in [0.5, 0.6) is 0 Å². The molecule has 1 aromatic rings. The van der Waals surface area contributed by atoms with Gasteiger partial charge < -0.3 is 20.6 Å². The molecule has 3 rings (SSSR count). The van der Waals surface area contributed by atoms with Crippen molar-refractivity contribution in [3.63, 3.8) is 0 Å². The number of aliphatic carboxylic acids is 1. The maximum Gasteiger partial charge on any atom is 0.328 e. The second-order valence-corrected chi connectivity index (χ2v) is 9.16. The molecule has 2 fully saturated rings. The Hall–Kier alpha value is -1.96. The number of carboxylic acids is 1. The van der Waals surface area contributed by atoms with Gasteiger partial charge in [0.15, 0.2) is 5.78 Å². The Labute approximate surface area is 182 Å². The molecule has 0 radical (unpaired) electrons. The Kier molecular flexibility index (Phi) is 7.50. The molecular weight excluding hydrogens is 404 g/mol. The van der Waals surface area contributed by atoms with Crippen molar-refractivity contribution in [1.29, 1.82) is 0 Å². The number of carboxylic acid groups (broad SMARTS) is 1. The van der Waals surface area contributed by atoms with Crippen LogP contribution in [0.15, 0.2) is 18.3 Å². The minimum Gasteiger partial charge on any atom is -0.478 e. The molecule has 3 N–H and O–H groups in total. The summed E-state index contributed by atoms with van der Waals surface area (Å²) in [6.07, 6.45) is 8.77. The van der Waals surface area contributed by atoms with E-state index in [9.17, 15) is 9.59 Å². The lowest BCUT2D eigenvalue weighted by atomic mass is 9.74. The lowest BCUT2D eigenvalue weighted by Crippen LogP contribution is -2.52. The lowest BCUT2D eigenvalue weighted by Gasteiger charge is -2.36. The molecule has 0 amide bonds. The average Bonchev–Trinajstić information content (AvgIpc) is 3.17. The van der Waals surface area contributed by atoms with E-state index < -0.39 is 11.5 Å². The zero-order valence-electron chi connectivity index (χ0n) is 17.7. The lowest BCUT2D eigenvalue weighted by molar-refractivity contribution is -0.131. The molecular formula is C22H31ClN4O3. The van der Waals surface area contributed by atoms with Gasteiger partial charge in [-0.25, -0.2) is 9.78 Å². The first-order chi connectivity index (χ1) is 14.3. The van der Waals surface area contributed by atoms with Gasteiger partial charge in [-0.2, -0.15) is 0 Å². The number of nitrogens with one attached hydrogen (secondary N) is 2. The molecule has 0 unspecified atom stereocenters. The van der Waals surface area contributed by atoms with Crippen LogP contribution in [0.4, 0.5) is 5.82 Å². The van der Waals surface area contributed by atoms with E-state index in [1.807, 2.05) is 0 Å². The van der Waals surface area contributed by atoms with Crippen LogP contribution in [-0.2, 0) is 9.59 Å². The largest absolute Gasteiger partial charge is 0.478 e. The van der Waals surface area contributed by atoms with Crippen LogP contribution in [0.1, 0.15) is 37.7 Å². The highest BCUT2D eigenvalue weighted by Crippen LogP contribution is 2.36. The summed E-state index contributed by atoms with van der Waals surface area (Å²) < 4.78 is 0. The minimum atomic E-state index is -1.03. The third-order valence-corrected chi connectivity index (χ3v) is 6.39. The maximum atomic E-state index is 13.6. The summed E-state index contributed by atoms with van der Waals surface area (Å²) in [4.78, 5) is 30.8. The number of anilines is 1. The van der Waals surface area contributed by atoms with Crippen LogP contribution in [0.2, 0.25) is 5.02 Å². The molecule has 164 valence electrons. The summed E-state index contributed by atoms with van der Waals surface area (Å²) in [6, 6.07) is 1.66. The van der Waals surface area contributed by atoms with Gasteiger partial charge in [0.2, 0.25) is 0 Å². The van der Waals surface area contributed by atoms with E-state index in [1.54, 1.807) is 12.3 Å². The van der Waals surface area contributed by atoms with Gasteiger partial charge in [-0.05, 0) is 76.4 Å². The number of ketones is 1. The summed E-state index contributed by atoms with van der Waals surface area (Å²) in [5, 5.41) is 15.8. The summed E-state index contributed by atoms with van der Waals surface area (Å²) in [5.41, 5.74) is -0.106. The number of hydrogen-bond donors (Lipinski definition) is 3. The Morgan fingerprint density at radius 2 is 2.10 bits per heavy atom. The van der Waals surface area contributed by atoms with Crippen molar-refractivity contribution in [2.45, 2.75) is 37.6 Å². The SMILES string of the molecule is CN(C)C[C@H]1CC[C@H](C(=O)[C@@]2(Nc3ncc(/C=C/C(=O)O)cc3Cl)CCNC2)CC1. The topological polar surface area (TPSA) is 94.6 Å². The molecule has 1 aliphatic heterocycles. The fourth-order valence-electron chi connectivity index (χ4n) is 4.61. The van der Waals surface area contributed by atoms with Crippen molar-refractivity contribution >= 4 is 35.2 Å². The third kappa shape index (κ3) is 5.59. The fraction of sp³-hybridized carbons (Fsp3) is 0.591. The van der Waals surface area contributed by atoms with Crippen LogP contribution in [0.3, 0.4) is 0 Å². The molecule has 2 aliphatic rings. The van der Waals surface area contributed by atoms with Gasteiger partial charge in [0, 0.05) is 31.3 Å². The summed E-state index contributed by atoms with van der Waals surface area (Å²) in [7, 11) is 4.19. The first kappa shape index (κ1) is 22.7.